The summed E-state index contributed by atoms with van der Waals surface area (Å²) in [6.45, 7) is 10.8. The van der Waals surface area contributed by atoms with Crippen LogP contribution in [-0.4, -0.2) is 11.5 Å². The van der Waals surface area contributed by atoms with Crippen molar-refractivity contribution in [2.75, 3.05) is 0 Å². The second kappa shape index (κ2) is 7.57. The lowest BCUT2D eigenvalue weighted by atomic mass is 10.1. The molecule has 2 nitrogen and oxygen atoms in total. The Hall–Kier alpha value is -1.70. The second-order valence-electron chi connectivity index (χ2n) is 3.27. The van der Waals surface area contributed by atoms with Crippen molar-refractivity contribution in [3.63, 3.8) is 0 Å². The third-order valence-corrected chi connectivity index (χ3v) is 2.17. The smallest absolute Gasteiger partial charge is 0.159 e. The average Bonchev–Trinajstić information content (AvgIpc) is 2.24. The van der Waals surface area contributed by atoms with Gasteiger partial charge in [0.15, 0.2) is 5.78 Å². The highest BCUT2D eigenvalue weighted by Crippen LogP contribution is 2.05. The van der Waals surface area contributed by atoms with Gasteiger partial charge in [-0.05, 0) is 33.3 Å². The van der Waals surface area contributed by atoms with Crippen LogP contribution in [0.15, 0.2) is 53.2 Å². The molecule has 0 radical (unpaired) electrons. The fraction of sp³-hybridized carbons (Fsp3) is 0.286. The van der Waals surface area contributed by atoms with Gasteiger partial charge in [-0.25, -0.2) is 0 Å². The highest BCUT2D eigenvalue weighted by Gasteiger charge is 1.99. The van der Waals surface area contributed by atoms with E-state index in [2.05, 4.69) is 11.6 Å². The minimum absolute atomic E-state index is 0.0625. The van der Waals surface area contributed by atoms with Gasteiger partial charge in [0.05, 0.1) is 0 Å². The maximum Gasteiger partial charge on any atom is 0.159 e. The molecule has 0 bridgehead atoms. The van der Waals surface area contributed by atoms with Crippen molar-refractivity contribution in [2.45, 2.75) is 27.7 Å². The molecule has 0 aliphatic heterocycles. The first-order valence-electron chi connectivity index (χ1n) is 5.24. The lowest BCUT2D eigenvalue weighted by Gasteiger charge is -2.00. The monoisotopic (exact) mass is 217 g/mol. The van der Waals surface area contributed by atoms with E-state index in [-0.39, 0.29) is 5.78 Å². The van der Waals surface area contributed by atoms with Crippen LogP contribution in [0.2, 0.25) is 0 Å². The SMILES string of the molecule is C=CN=C(C)C(/C=C\C(=C/C)C(C)=O)=C\C. The normalized spacial score (nSPS) is 14.4. The van der Waals surface area contributed by atoms with Crippen LogP contribution in [0.3, 0.4) is 0 Å². The van der Waals surface area contributed by atoms with E-state index in [4.69, 9.17) is 0 Å². The van der Waals surface area contributed by atoms with Gasteiger partial charge in [0.2, 0.25) is 0 Å². The van der Waals surface area contributed by atoms with Gasteiger partial charge in [-0.15, -0.1) is 0 Å². The Morgan fingerprint density at radius 2 is 1.56 bits per heavy atom. The third-order valence-electron chi connectivity index (χ3n) is 2.17. The number of rotatable bonds is 5. The van der Waals surface area contributed by atoms with E-state index >= 15 is 0 Å². The van der Waals surface area contributed by atoms with Crippen LogP contribution in [0.5, 0.6) is 0 Å². The molecule has 0 amide bonds. The molecule has 0 aromatic heterocycles. The summed E-state index contributed by atoms with van der Waals surface area (Å²) >= 11 is 0. The number of allylic oxidation sites excluding steroid dienone is 6. The molecule has 0 heterocycles. The van der Waals surface area contributed by atoms with Crippen LogP contribution in [0.1, 0.15) is 27.7 Å². The maximum atomic E-state index is 11.2. The number of ketones is 1. The van der Waals surface area contributed by atoms with E-state index in [0.29, 0.717) is 5.57 Å². The van der Waals surface area contributed by atoms with E-state index in [1.165, 1.54) is 6.20 Å². The Morgan fingerprint density at radius 3 is 1.94 bits per heavy atom. The summed E-state index contributed by atoms with van der Waals surface area (Å²) in [5.41, 5.74) is 2.57. The van der Waals surface area contributed by atoms with Gasteiger partial charge in [-0.1, -0.05) is 30.9 Å². The van der Waals surface area contributed by atoms with Gasteiger partial charge in [0, 0.05) is 17.5 Å². The maximum absolute atomic E-state index is 11.2. The molecular weight excluding hydrogens is 198 g/mol. The summed E-state index contributed by atoms with van der Waals surface area (Å²) < 4.78 is 0. The highest BCUT2D eigenvalue weighted by molar-refractivity contribution is 6.02. The van der Waals surface area contributed by atoms with E-state index in [9.17, 15) is 4.79 Å². The number of hydrogen-bond acceptors (Lipinski definition) is 2. The van der Waals surface area contributed by atoms with Crippen molar-refractivity contribution < 1.29 is 4.79 Å². The average molecular weight is 217 g/mol. The van der Waals surface area contributed by atoms with Crippen LogP contribution < -0.4 is 0 Å². The van der Waals surface area contributed by atoms with Gasteiger partial charge < -0.3 is 0 Å². The van der Waals surface area contributed by atoms with E-state index in [1.807, 2.05) is 32.9 Å². The fourth-order valence-electron chi connectivity index (χ4n) is 1.23. The number of nitrogens with zero attached hydrogens (tertiary/aromatic N) is 1. The third kappa shape index (κ3) is 4.69. The largest absolute Gasteiger partial charge is 0.295 e. The van der Waals surface area contributed by atoms with Crippen LogP contribution in [0, 0.1) is 0 Å². The zero-order valence-corrected chi connectivity index (χ0v) is 10.4. The van der Waals surface area contributed by atoms with Crippen molar-refractivity contribution in [1.82, 2.24) is 0 Å². The summed E-state index contributed by atoms with van der Waals surface area (Å²) in [6.07, 6.45) is 8.95. The Morgan fingerprint density at radius 1 is 1.06 bits per heavy atom. The molecule has 0 aliphatic carbocycles. The van der Waals surface area contributed by atoms with Crippen LogP contribution in [0.4, 0.5) is 0 Å². The molecular formula is C14H19NO. The zero-order chi connectivity index (χ0) is 12.6. The lowest BCUT2D eigenvalue weighted by Crippen LogP contribution is -1.96. The highest BCUT2D eigenvalue weighted by atomic mass is 16.1. The van der Waals surface area contributed by atoms with E-state index in [1.54, 1.807) is 19.1 Å². The summed E-state index contributed by atoms with van der Waals surface area (Å²) in [6, 6.07) is 0. The van der Waals surface area contributed by atoms with Crippen LogP contribution in [0.25, 0.3) is 0 Å². The molecule has 0 aromatic carbocycles. The number of carbonyl (C=O) groups is 1. The van der Waals surface area contributed by atoms with Gasteiger partial charge in [0.1, 0.15) is 0 Å². The standard InChI is InChI=1S/C14H19NO/c1-6-13(11(4)15-8-3)9-10-14(7-2)12(5)16/h6-10H,3H2,1-2,4-5H3/b10-9-,13-6-,14-7+,15-11?. The lowest BCUT2D eigenvalue weighted by molar-refractivity contribution is -0.113. The molecule has 0 saturated heterocycles. The Balaban J connectivity index is 4.95. The van der Waals surface area contributed by atoms with Crippen molar-refractivity contribution in [3.05, 3.63) is 48.2 Å². The molecule has 0 N–H and O–H groups in total. The number of Topliss-reactive ketones (excluding diaryl/α,β-unsaturated/α-hetero) is 1. The van der Waals surface area contributed by atoms with Gasteiger partial charge >= 0.3 is 0 Å². The van der Waals surface area contributed by atoms with Crippen LogP contribution in [-0.2, 0) is 4.79 Å². The van der Waals surface area contributed by atoms with Crippen molar-refractivity contribution in [3.8, 4) is 0 Å². The fourth-order valence-corrected chi connectivity index (χ4v) is 1.23. The number of carbonyl (C=O) groups excluding carboxylic acids is 1. The molecule has 0 saturated carbocycles. The first kappa shape index (κ1) is 14.3. The Labute approximate surface area is 97.8 Å². The minimum atomic E-state index is 0.0625. The quantitative estimate of drug-likeness (QED) is 0.393. The second-order valence-corrected chi connectivity index (χ2v) is 3.27. The van der Waals surface area contributed by atoms with Gasteiger partial charge in [-0.3, -0.25) is 9.79 Å². The Kier molecular flexibility index (Phi) is 6.77. The summed E-state index contributed by atoms with van der Waals surface area (Å²) in [4.78, 5) is 15.3. The summed E-state index contributed by atoms with van der Waals surface area (Å²) in [5.74, 6) is 0.0625. The number of aliphatic imine (C=N–C) groups is 1. The van der Waals surface area contributed by atoms with Crippen molar-refractivity contribution >= 4 is 11.5 Å². The number of hydrogen-bond donors (Lipinski definition) is 0. The van der Waals surface area contributed by atoms with E-state index in [0.717, 1.165) is 11.3 Å². The van der Waals surface area contributed by atoms with Gasteiger partial charge in [0.25, 0.3) is 0 Å². The first-order valence-corrected chi connectivity index (χ1v) is 5.24. The van der Waals surface area contributed by atoms with E-state index < -0.39 is 0 Å². The predicted octanol–water partition coefficient (Wildman–Crippen LogP) is 3.63. The molecule has 0 spiro atoms. The Bertz CT molecular complexity index is 382. The molecule has 0 aromatic rings. The first-order chi connectivity index (χ1) is 7.56. The molecule has 0 aliphatic rings. The van der Waals surface area contributed by atoms with Crippen molar-refractivity contribution in [2.24, 2.45) is 4.99 Å². The topological polar surface area (TPSA) is 29.4 Å². The molecule has 0 unspecified atom stereocenters. The zero-order valence-electron chi connectivity index (χ0n) is 10.4. The molecule has 0 fully saturated rings. The van der Waals surface area contributed by atoms with Crippen LogP contribution >= 0.6 is 0 Å². The molecule has 86 valence electrons. The minimum Gasteiger partial charge on any atom is -0.295 e. The summed E-state index contributed by atoms with van der Waals surface area (Å²) in [5, 5.41) is 0. The molecule has 16 heavy (non-hydrogen) atoms. The molecule has 0 rings (SSSR count). The van der Waals surface area contributed by atoms with Crippen molar-refractivity contribution in [1.29, 1.82) is 0 Å². The summed E-state index contributed by atoms with van der Waals surface area (Å²) in [7, 11) is 0. The molecule has 0 atom stereocenters. The predicted molar refractivity (Wildman–Crippen MR) is 70.6 cm³/mol. The molecule has 2 heteroatoms. The van der Waals surface area contributed by atoms with Gasteiger partial charge in [-0.2, -0.15) is 0 Å².